The maximum absolute atomic E-state index is 8.58. The average molecular weight is 222 g/mol. The fraction of sp³-hybridized carbons (Fsp3) is 0.545. The Balaban J connectivity index is 1.71. The summed E-state index contributed by atoms with van der Waals surface area (Å²) in [7, 11) is 0. The molecule has 4 heteroatoms. The molecule has 1 unspecified atom stereocenters. The zero-order chi connectivity index (χ0) is 10.5. The number of hydrogen-bond acceptors (Lipinski definition) is 4. The molecule has 1 aromatic heterocycles. The number of nitrogens with zero attached hydrogens (tertiary/aromatic N) is 1. The summed E-state index contributed by atoms with van der Waals surface area (Å²) < 4.78 is 5.27. The quantitative estimate of drug-likeness (QED) is 0.846. The van der Waals surface area contributed by atoms with Gasteiger partial charge in [0.1, 0.15) is 11.8 Å². The number of thioether (sulfide) groups is 1. The maximum atomic E-state index is 8.58. The van der Waals surface area contributed by atoms with Gasteiger partial charge < -0.3 is 9.73 Å². The lowest BCUT2D eigenvalue weighted by Gasteiger charge is -2.08. The molecule has 1 saturated heterocycles. The van der Waals surface area contributed by atoms with Gasteiger partial charge in [0.2, 0.25) is 5.76 Å². The van der Waals surface area contributed by atoms with Crippen LogP contribution in [0, 0.1) is 17.2 Å². The van der Waals surface area contributed by atoms with Crippen molar-refractivity contribution in [1.82, 2.24) is 5.32 Å². The first-order chi connectivity index (χ1) is 7.38. The molecule has 2 heterocycles. The number of hydrogen-bond donors (Lipinski definition) is 1. The Morgan fingerprint density at radius 2 is 2.53 bits per heavy atom. The zero-order valence-corrected chi connectivity index (χ0v) is 9.35. The predicted molar refractivity (Wildman–Crippen MR) is 60.6 cm³/mol. The van der Waals surface area contributed by atoms with E-state index in [1.54, 1.807) is 6.07 Å². The van der Waals surface area contributed by atoms with E-state index in [2.05, 4.69) is 5.32 Å². The van der Waals surface area contributed by atoms with Crippen LogP contribution in [0.5, 0.6) is 0 Å². The molecule has 0 bridgehead atoms. The fourth-order valence-corrected chi connectivity index (χ4v) is 2.96. The molecule has 0 saturated carbocycles. The maximum Gasteiger partial charge on any atom is 0.203 e. The Labute approximate surface area is 93.8 Å². The summed E-state index contributed by atoms with van der Waals surface area (Å²) in [4.78, 5) is 0. The summed E-state index contributed by atoms with van der Waals surface area (Å²) >= 11 is 2.03. The lowest BCUT2D eigenvalue weighted by molar-refractivity contribution is 0.451. The molecule has 1 fully saturated rings. The molecule has 0 aromatic carbocycles. The molecular formula is C11H14N2OS. The summed E-state index contributed by atoms with van der Waals surface area (Å²) in [6.45, 7) is 1.78. The standard InChI is InChI=1S/C11H14N2OS/c12-5-10-1-2-11(14-10)7-13-6-9-3-4-15-8-9/h1-2,9,13H,3-4,6-8H2. The third kappa shape index (κ3) is 3.01. The van der Waals surface area contributed by atoms with Crippen molar-refractivity contribution in [2.24, 2.45) is 5.92 Å². The van der Waals surface area contributed by atoms with Crippen LogP contribution in [0.15, 0.2) is 16.5 Å². The van der Waals surface area contributed by atoms with E-state index in [1.165, 1.54) is 17.9 Å². The van der Waals surface area contributed by atoms with E-state index in [4.69, 9.17) is 9.68 Å². The van der Waals surface area contributed by atoms with Gasteiger partial charge in [-0.3, -0.25) is 0 Å². The van der Waals surface area contributed by atoms with Gasteiger partial charge in [-0.1, -0.05) is 0 Å². The lowest BCUT2D eigenvalue weighted by atomic mass is 10.1. The van der Waals surface area contributed by atoms with Crippen molar-refractivity contribution in [2.75, 3.05) is 18.1 Å². The number of rotatable bonds is 4. The first-order valence-corrected chi connectivity index (χ1v) is 6.31. The van der Waals surface area contributed by atoms with Gasteiger partial charge in [-0.15, -0.1) is 0 Å². The summed E-state index contributed by atoms with van der Waals surface area (Å²) in [6, 6.07) is 5.55. The summed E-state index contributed by atoms with van der Waals surface area (Å²) in [6.07, 6.45) is 1.32. The van der Waals surface area contributed by atoms with Crippen molar-refractivity contribution in [2.45, 2.75) is 13.0 Å². The Hall–Kier alpha value is -0.920. The molecule has 1 N–H and O–H groups in total. The number of nitriles is 1. The Bertz CT molecular complexity index is 350. The first kappa shape index (κ1) is 10.6. The van der Waals surface area contributed by atoms with Crippen LogP contribution < -0.4 is 5.32 Å². The first-order valence-electron chi connectivity index (χ1n) is 5.16. The highest BCUT2D eigenvalue weighted by atomic mass is 32.2. The van der Waals surface area contributed by atoms with Crippen LogP contribution in [-0.2, 0) is 6.54 Å². The van der Waals surface area contributed by atoms with E-state index < -0.39 is 0 Å². The summed E-state index contributed by atoms with van der Waals surface area (Å²) in [5.41, 5.74) is 0. The van der Waals surface area contributed by atoms with Crippen molar-refractivity contribution >= 4 is 11.8 Å². The smallest absolute Gasteiger partial charge is 0.203 e. The predicted octanol–water partition coefficient (Wildman–Crippen LogP) is 1.99. The molecule has 15 heavy (non-hydrogen) atoms. The van der Waals surface area contributed by atoms with E-state index in [0.717, 1.165) is 24.8 Å². The van der Waals surface area contributed by atoms with Crippen LogP contribution >= 0.6 is 11.8 Å². The molecule has 3 nitrogen and oxygen atoms in total. The van der Waals surface area contributed by atoms with Crippen LogP contribution in [-0.4, -0.2) is 18.1 Å². The van der Waals surface area contributed by atoms with Crippen LogP contribution in [0.25, 0.3) is 0 Å². The van der Waals surface area contributed by atoms with Crippen LogP contribution in [0.1, 0.15) is 17.9 Å². The van der Waals surface area contributed by atoms with Crippen molar-refractivity contribution in [3.05, 3.63) is 23.7 Å². The van der Waals surface area contributed by atoms with Crippen molar-refractivity contribution < 1.29 is 4.42 Å². The molecule has 1 aliphatic heterocycles. The normalized spacial score (nSPS) is 20.3. The highest BCUT2D eigenvalue weighted by Crippen LogP contribution is 2.22. The second-order valence-corrected chi connectivity index (χ2v) is 4.89. The van der Waals surface area contributed by atoms with Crippen molar-refractivity contribution in [3.8, 4) is 6.07 Å². The van der Waals surface area contributed by atoms with Gasteiger partial charge in [0.05, 0.1) is 6.54 Å². The molecule has 1 aliphatic rings. The van der Waals surface area contributed by atoms with Gasteiger partial charge in [-0.05, 0) is 42.5 Å². The minimum Gasteiger partial charge on any atom is -0.449 e. The molecule has 1 aromatic rings. The summed E-state index contributed by atoms with van der Waals surface area (Å²) in [5, 5.41) is 11.9. The minimum absolute atomic E-state index is 0.392. The monoisotopic (exact) mass is 222 g/mol. The Morgan fingerprint density at radius 3 is 3.20 bits per heavy atom. The highest BCUT2D eigenvalue weighted by Gasteiger charge is 2.14. The van der Waals surface area contributed by atoms with Crippen LogP contribution in [0.2, 0.25) is 0 Å². The van der Waals surface area contributed by atoms with E-state index in [-0.39, 0.29) is 0 Å². The molecule has 0 aliphatic carbocycles. The Kier molecular flexibility index (Phi) is 3.70. The van der Waals surface area contributed by atoms with Gasteiger partial charge in [0, 0.05) is 0 Å². The fourth-order valence-electron chi connectivity index (χ4n) is 1.68. The minimum atomic E-state index is 0.392. The van der Waals surface area contributed by atoms with Crippen molar-refractivity contribution in [1.29, 1.82) is 5.26 Å². The van der Waals surface area contributed by atoms with Crippen LogP contribution in [0.4, 0.5) is 0 Å². The molecule has 1 atom stereocenters. The second kappa shape index (κ2) is 5.24. The zero-order valence-electron chi connectivity index (χ0n) is 8.53. The van der Waals surface area contributed by atoms with Gasteiger partial charge in [-0.25, -0.2) is 0 Å². The highest BCUT2D eigenvalue weighted by molar-refractivity contribution is 7.99. The van der Waals surface area contributed by atoms with E-state index in [1.807, 2.05) is 23.9 Å². The number of nitrogens with one attached hydrogen (secondary N) is 1. The summed E-state index contributed by atoms with van der Waals surface area (Å²) in [5.74, 6) is 4.61. The number of furan rings is 1. The lowest BCUT2D eigenvalue weighted by Crippen LogP contribution is -2.21. The van der Waals surface area contributed by atoms with E-state index in [0.29, 0.717) is 5.76 Å². The van der Waals surface area contributed by atoms with Gasteiger partial charge in [0.15, 0.2) is 0 Å². The van der Waals surface area contributed by atoms with Gasteiger partial charge in [0.25, 0.3) is 0 Å². The third-order valence-corrected chi connectivity index (χ3v) is 3.76. The van der Waals surface area contributed by atoms with E-state index in [9.17, 15) is 0 Å². The van der Waals surface area contributed by atoms with Crippen LogP contribution in [0.3, 0.4) is 0 Å². The molecule has 0 amide bonds. The molecule has 80 valence electrons. The Morgan fingerprint density at radius 1 is 1.60 bits per heavy atom. The van der Waals surface area contributed by atoms with E-state index >= 15 is 0 Å². The SMILES string of the molecule is N#Cc1ccc(CNCC2CCSC2)o1. The second-order valence-electron chi connectivity index (χ2n) is 3.74. The largest absolute Gasteiger partial charge is 0.449 e. The molecule has 0 radical (unpaired) electrons. The van der Waals surface area contributed by atoms with Crippen molar-refractivity contribution in [3.63, 3.8) is 0 Å². The molecular weight excluding hydrogens is 208 g/mol. The topological polar surface area (TPSA) is 49.0 Å². The third-order valence-electron chi connectivity index (χ3n) is 2.53. The average Bonchev–Trinajstić information content (AvgIpc) is 2.88. The molecule has 0 spiro atoms. The van der Waals surface area contributed by atoms with Gasteiger partial charge in [-0.2, -0.15) is 17.0 Å². The van der Waals surface area contributed by atoms with Gasteiger partial charge >= 0.3 is 0 Å². The molecule has 2 rings (SSSR count).